The fourth-order valence-corrected chi connectivity index (χ4v) is 2.57. The highest BCUT2D eigenvalue weighted by atomic mass is 16.5. The van der Waals surface area contributed by atoms with E-state index in [-0.39, 0.29) is 12.5 Å². The number of amides is 1. The summed E-state index contributed by atoms with van der Waals surface area (Å²) in [7, 11) is 0. The van der Waals surface area contributed by atoms with Crippen LogP contribution in [0.5, 0.6) is 0 Å². The molecule has 2 unspecified atom stereocenters. The summed E-state index contributed by atoms with van der Waals surface area (Å²) in [6, 6.07) is 7.00. The van der Waals surface area contributed by atoms with Crippen molar-refractivity contribution < 1.29 is 19.4 Å². The average molecular weight is 277 g/mol. The second-order valence-corrected chi connectivity index (χ2v) is 5.02. The van der Waals surface area contributed by atoms with Gasteiger partial charge in [0.1, 0.15) is 6.61 Å². The highest BCUT2D eigenvalue weighted by molar-refractivity contribution is 5.83. The molecule has 1 N–H and O–H groups in total. The van der Waals surface area contributed by atoms with E-state index in [4.69, 9.17) is 4.74 Å². The summed E-state index contributed by atoms with van der Waals surface area (Å²) in [5, 5.41) is 9.35. The van der Waals surface area contributed by atoms with Gasteiger partial charge in [0.2, 0.25) is 5.91 Å². The molecule has 0 saturated carbocycles. The average Bonchev–Trinajstić information content (AvgIpc) is 2.40. The smallest absolute Gasteiger partial charge is 0.335 e. The lowest BCUT2D eigenvalue weighted by Gasteiger charge is -2.39. The molecule has 0 bridgehead atoms. The Balaban J connectivity index is 2.42. The van der Waals surface area contributed by atoms with E-state index in [1.165, 1.54) is 0 Å². The normalized spacial score (nSPS) is 22.9. The van der Waals surface area contributed by atoms with Gasteiger partial charge in [0, 0.05) is 6.54 Å². The standard InChI is InChI=1S/C15H19NO4/c1-3-7-16-12(17)9-20-14(15(18)19)13(16)11-6-4-5-10(2)8-11/h4-6,8,13-14H,3,7,9H2,1-2H3,(H,18,19). The zero-order chi connectivity index (χ0) is 14.7. The van der Waals surface area contributed by atoms with Crippen molar-refractivity contribution in [1.82, 2.24) is 4.90 Å². The van der Waals surface area contributed by atoms with E-state index in [1.807, 2.05) is 38.1 Å². The summed E-state index contributed by atoms with van der Waals surface area (Å²) in [6.07, 6.45) is -0.235. The Morgan fingerprint density at radius 2 is 2.25 bits per heavy atom. The van der Waals surface area contributed by atoms with Crippen LogP contribution in [0.25, 0.3) is 0 Å². The molecule has 1 aliphatic heterocycles. The number of hydrogen-bond acceptors (Lipinski definition) is 3. The third-order valence-electron chi connectivity index (χ3n) is 3.42. The van der Waals surface area contributed by atoms with Crippen molar-refractivity contribution in [3.63, 3.8) is 0 Å². The van der Waals surface area contributed by atoms with Gasteiger partial charge in [-0.2, -0.15) is 0 Å². The van der Waals surface area contributed by atoms with Crippen molar-refractivity contribution in [3.05, 3.63) is 35.4 Å². The van der Waals surface area contributed by atoms with Crippen LogP contribution in [0.3, 0.4) is 0 Å². The van der Waals surface area contributed by atoms with Gasteiger partial charge < -0.3 is 14.7 Å². The predicted molar refractivity (Wildman–Crippen MR) is 73.3 cm³/mol. The molecule has 1 saturated heterocycles. The first-order chi connectivity index (χ1) is 9.54. The number of carbonyl (C=O) groups is 2. The number of aryl methyl sites for hydroxylation is 1. The fourth-order valence-electron chi connectivity index (χ4n) is 2.57. The highest BCUT2D eigenvalue weighted by Crippen LogP contribution is 2.31. The Kier molecular flexibility index (Phi) is 4.39. The molecule has 20 heavy (non-hydrogen) atoms. The van der Waals surface area contributed by atoms with Crippen LogP contribution in [0.15, 0.2) is 24.3 Å². The van der Waals surface area contributed by atoms with Gasteiger partial charge >= 0.3 is 5.97 Å². The molecule has 0 spiro atoms. The van der Waals surface area contributed by atoms with Gasteiger partial charge in [-0.05, 0) is 18.9 Å². The third-order valence-corrected chi connectivity index (χ3v) is 3.42. The van der Waals surface area contributed by atoms with Crippen molar-refractivity contribution in [2.24, 2.45) is 0 Å². The highest BCUT2D eigenvalue weighted by Gasteiger charge is 2.41. The number of carboxylic acid groups (broad SMARTS) is 1. The third kappa shape index (κ3) is 2.82. The number of aliphatic carboxylic acids is 1. The molecular weight excluding hydrogens is 258 g/mol. The Labute approximate surface area is 118 Å². The molecule has 0 radical (unpaired) electrons. The molecule has 1 fully saturated rings. The van der Waals surface area contributed by atoms with Crippen molar-refractivity contribution in [2.75, 3.05) is 13.2 Å². The first-order valence-electron chi connectivity index (χ1n) is 6.75. The van der Waals surface area contributed by atoms with Gasteiger partial charge in [-0.1, -0.05) is 36.8 Å². The van der Waals surface area contributed by atoms with Gasteiger partial charge in [-0.25, -0.2) is 4.79 Å². The summed E-state index contributed by atoms with van der Waals surface area (Å²) >= 11 is 0. The maximum atomic E-state index is 12.0. The molecule has 1 aromatic carbocycles. The maximum absolute atomic E-state index is 12.0. The van der Waals surface area contributed by atoms with Crippen LogP contribution in [0, 0.1) is 6.92 Å². The molecule has 2 rings (SSSR count). The zero-order valence-corrected chi connectivity index (χ0v) is 11.7. The number of rotatable bonds is 4. The molecule has 5 heteroatoms. The lowest BCUT2D eigenvalue weighted by atomic mass is 9.96. The lowest BCUT2D eigenvalue weighted by Crippen LogP contribution is -2.52. The summed E-state index contributed by atoms with van der Waals surface area (Å²) < 4.78 is 5.24. The summed E-state index contributed by atoms with van der Waals surface area (Å²) in [5.74, 6) is -1.19. The SMILES string of the molecule is CCCN1C(=O)COC(C(=O)O)C1c1cccc(C)c1. The zero-order valence-electron chi connectivity index (χ0n) is 11.7. The maximum Gasteiger partial charge on any atom is 0.335 e. The number of nitrogens with zero attached hydrogens (tertiary/aromatic N) is 1. The monoisotopic (exact) mass is 277 g/mol. The quantitative estimate of drug-likeness (QED) is 0.910. The van der Waals surface area contributed by atoms with Crippen LogP contribution in [0.2, 0.25) is 0 Å². The molecule has 1 heterocycles. The minimum absolute atomic E-state index is 0.157. The van der Waals surface area contributed by atoms with Gasteiger partial charge in [0.25, 0.3) is 0 Å². The van der Waals surface area contributed by atoms with Crippen LogP contribution >= 0.6 is 0 Å². The lowest BCUT2D eigenvalue weighted by molar-refractivity contribution is -0.173. The molecule has 0 aliphatic carbocycles. The number of ether oxygens (including phenoxy) is 1. The Hall–Kier alpha value is -1.88. The Morgan fingerprint density at radius 3 is 2.85 bits per heavy atom. The largest absolute Gasteiger partial charge is 0.479 e. The van der Waals surface area contributed by atoms with Crippen molar-refractivity contribution >= 4 is 11.9 Å². The number of morpholine rings is 1. The van der Waals surface area contributed by atoms with Crippen LogP contribution in [0.4, 0.5) is 0 Å². The van der Waals surface area contributed by atoms with E-state index in [0.29, 0.717) is 6.54 Å². The molecular formula is C15H19NO4. The topological polar surface area (TPSA) is 66.8 Å². The summed E-state index contributed by atoms with van der Waals surface area (Å²) in [5.41, 5.74) is 1.83. The first-order valence-corrected chi connectivity index (χ1v) is 6.75. The van der Waals surface area contributed by atoms with Crippen molar-refractivity contribution in [3.8, 4) is 0 Å². The summed E-state index contributed by atoms with van der Waals surface area (Å²) in [4.78, 5) is 25.1. The van der Waals surface area contributed by atoms with Gasteiger partial charge in [-0.3, -0.25) is 4.79 Å². The molecule has 5 nitrogen and oxygen atoms in total. The molecule has 1 aliphatic rings. The first kappa shape index (κ1) is 14.5. The second-order valence-electron chi connectivity index (χ2n) is 5.02. The van der Waals surface area contributed by atoms with E-state index in [1.54, 1.807) is 4.90 Å². The molecule has 1 aromatic rings. The van der Waals surface area contributed by atoms with E-state index < -0.39 is 18.1 Å². The minimum Gasteiger partial charge on any atom is -0.479 e. The van der Waals surface area contributed by atoms with Gasteiger partial charge in [-0.15, -0.1) is 0 Å². The Morgan fingerprint density at radius 1 is 1.50 bits per heavy atom. The molecule has 0 aromatic heterocycles. The molecule has 1 amide bonds. The summed E-state index contributed by atoms with van der Waals surface area (Å²) in [6.45, 7) is 4.27. The number of carboxylic acids is 1. The second kappa shape index (κ2) is 6.05. The number of carbonyl (C=O) groups excluding carboxylic acids is 1. The van der Waals surface area contributed by atoms with Crippen LogP contribution in [0.1, 0.15) is 30.5 Å². The van der Waals surface area contributed by atoms with Crippen LogP contribution < -0.4 is 0 Å². The van der Waals surface area contributed by atoms with Gasteiger partial charge in [0.05, 0.1) is 6.04 Å². The van der Waals surface area contributed by atoms with E-state index >= 15 is 0 Å². The van der Waals surface area contributed by atoms with Crippen molar-refractivity contribution in [1.29, 1.82) is 0 Å². The Bertz CT molecular complexity index is 514. The van der Waals surface area contributed by atoms with E-state index in [2.05, 4.69) is 0 Å². The number of benzene rings is 1. The van der Waals surface area contributed by atoms with Crippen LogP contribution in [-0.2, 0) is 14.3 Å². The van der Waals surface area contributed by atoms with Gasteiger partial charge in [0.15, 0.2) is 6.10 Å². The molecule has 2 atom stereocenters. The molecule has 108 valence electrons. The van der Waals surface area contributed by atoms with E-state index in [9.17, 15) is 14.7 Å². The van der Waals surface area contributed by atoms with E-state index in [0.717, 1.165) is 17.5 Å². The predicted octanol–water partition coefficient (Wildman–Crippen LogP) is 1.76. The van der Waals surface area contributed by atoms with Crippen molar-refractivity contribution in [2.45, 2.75) is 32.4 Å². The fraction of sp³-hybridized carbons (Fsp3) is 0.467. The van der Waals surface area contributed by atoms with Crippen LogP contribution in [-0.4, -0.2) is 41.1 Å². The number of hydrogen-bond donors (Lipinski definition) is 1. The minimum atomic E-state index is -1.04.